The molecule has 2 rings (SSSR count). The summed E-state index contributed by atoms with van der Waals surface area (Å²) >= 11 is 0. The molecule has 0 spiro atoms. The summed E-state index contributed by atoms with van der Waals surface area (Å²) in [6.45, 7) is 4.25. The fourth-order valence-electron chi connectivity index (χ4n) is 2.17. The largest absolute Gasteiger partial charge is 0.392 e. The summed E-state index contributed by atoms with van der Waals surface area (Å²) in [5.41, 5.74) is 2.39. The number of nitrogens with one attached hydrogen (secondary N) is 1. The van der Waals surface area contributed by atoms with Crippen LogP contribution in [0.15, 0.2) is 42.7 Å². The minimum atomic E-state index is -0.251. The first-order valence-corrected chi connectivity index (χ1v) is 7.22. The Morgan fingerprint density at radius 2 is 2.05 bits per heavy atom. The summed E-state index contributed by atoms with van der Waals surface area (Å²) in [5, 5.41) is 17.3. The predicted molar refractivity (Wildman–Crippen MR) is 80.4 cm³/mol. The molecule has 2 N–H and O–H groups in total. The molecule has 1 atom stereocenters. The number of aliphatic hydroxyl groups excluding tert-OH is 1. The molecule has 4 nitrogen and oxygen atoms in total. The van der Waals surface area contributed by atoms with Gasteiger partial charge < -0.3 is 10.4 Å². The summed E-state index contributed by atoms with van der Waals surface area (Å²) in [7, 11) is 0. The highest BCUT2D eigenvalue weighted by Gasteiger charge is 2.03. The normalized spacial score (nSPS) is 12.5. The van der Waals surface area contributed by atoms with Crippen LogP contribution in [-0.2, 0) is 13.1 Å². The SMILES string of the molecule is CCCC(O)CNCc1cnn(Cc2ccccc2)c1. The number of aliphatic hydroxyl groups is 1. The molecule has 20 heavy (non-hydrogen) atoms. The first kappa shape index (κ1) is 14.8. The van der Waals surface area contributed by atoms with Crippen LogP contribution in [0.4, 0.5) is 0 Å². The maximum absolute atomic E-state index is 9.64. The Morgan fingerprint density at radius 1 is 1.25 bits per heavy atom. The summed E-state index contributed by atoms with van der Waals surface area (Å²) in [5.74, 6) is 0. The first-order chi connectivity index (χ1) is 9.78. The van der Waals surface area contributed by atoms with Crippen molar-refractivity contribution in [3.8, 4) is 0 Å². The average Bonchev–Trinajstić information content (AvgIpc) is 2.88. The highest BCUT2D eigenvalue weighted by molar-refractivity contribution is 5.15. The van der Waals surface area contributed by atoms with E-state index in [1.165, 1.54) is 5.56 Å². The first-order valence-electron chi connectivity index (χ1n) is 7.22. The van der Waals surface area contributed by atoms with E-state index in [-0.39, 0.29) is 6.10 Å². The van der Waals surface area contributed by atoms with Crippen molar-refractivity contribution in [3.63, 3.8) is 0 Å². The molecule has 0 amide bonds. The second-order valence-electron chi connectivity index (χ2n) is 5.11. The smallest absolute Gasteiger partial charge is 0.0664 e. The molecular weight excluding hydrogens is 250 g/mol. The second kappa shape index (κ2) is 7.82. The van der Waals surface area contributed by atoms with Crippen LogP contribution in [0, 0.1) is 0 Å². The van der Waals surface area contributed by atoms with Gasteiger partial charge in [-0.25, -0.2) is 0 Å². The molecule has 0 bridgehead atoms. The van der Waals surface area contributed by atoms with Gasteiger partial charge in [0.05, 0.1) is 18.8 Å². The van der Waals surface area contributed by atoms with Crippen molar-refractivity contribution < 1.29 is 5.11 Å². The lowest BCUT2D eigenvalue weighted by Gasteiger charge is -2.09. The fraction of sp³-hybridized carbons (Fsp3) is 0.438. The van der Waals surface area contributed by atoms with E-state index in [0.717, 1.165) is 31.5 Å². The van der Waals surface area contributed by atoms with E-state index in [9.17, 15) is 5.11 Å². The molecule has 0 radical (unpaired) electrons. The third-order valence-corrected chi connectivity index (χ3v) is 3.21. The monoisotopic (exact) mass is 273 g/mol. The van der Waals surface area contributed by atoms with Crippen molar-refractivity contribution >= 4 is 0 Å². The number of nitrogens with zero attached hydrogens (tertiary/aromatic N) is 2. The van der Waals surface area contributed by atoms with Gasteiger partial charge in [-0.05, 0) is 12.0 Å². The minimum absolute atomic E-state index is 0.251. The lowest BCUT2D eigenvalue weighted by Crippen LogP contribution is -2.26. The Hall–Kier alpha value is -1.65. The van der Waals surface area contributed by atoms with Crippen LogP contribution in [0.25, 0.3) is 0 Å². The zero-order valence-electron chi connectivity index (χ0n) is 12.0. The molecule has 0 aliphatic carbocycles. The summed E-state index contributed by atoms with van der Waals surface area (Å²) in [6.07, 6.45) is 5.53. The third-order valence-electron chi connectivity index (χ3n) is 3.21. The van der Waals surface area contributed by atoms with Crippen LogP contribution in [0.1, 0.15) is 30.9 Å². The molecule has 4 heteroatoms. The van der Waals surface area contributed by atoms with Gasteiger partial charge in [-0.15, -0.1) is 0 Å². The van der Waals surface area contributed by atoms with Gasteiger partial charge in [0.25, 0.3) is 0 Å². The molecule has 2 aromatic rings. The van der Waals surface area contributed by atoms with E-state index in [0.29, 0.717) is 6.54 Å². The quantitative estimate of drug-likeness (QED) is 0.775. The zero-order chi connectivity index (χ0) is 14.2. The highest BCUT2D eigenvalue weighted by atomic mass is 16.3. The van der Waals surface area contributed by atoms with Gasteiger partial charge in [-0.1, -0.05) is 43.7 Å². The maximum Gasteiger partial charge on any atom is 0.0664 e. The average molecular weight is 273 g/mol. The number of hydrogen-bond acceptors (Lipinski definition) is 3. The highest BCUT2D eigenvalue weighted by Crippen LogP contribution is 2.04. The Labute approximate surface area is 120 Å². The molecule has 0 saturated carbocycles. The number of rotatable bonds is 8. The van der Waals surface area contributed by atoms with Gasteiger partial charge in [0.1, 0.15) is 0 Å². The Kier molecular flexibility index (Phi) is 5.77. The van der Waals surface area contributed by atoms with E-state index >= 15 is 0 Å². The number of hydrogen-bond donors (Lipinski definition) is 2. The van der Waals surface area contributed by atoms with E-state index in [1.54, 1.807) is 0 Å². The van der Waals surface area contributed by atoms with Crippen molar-refractivity contribution in [2.45, 2.75) is 39.0 Å². The third kappa shape index (κ3) is 4.79. The predicted octanol–water partition coefficient (Wildman–Crippen LogP) is 2.18. The molecule has 0 saturated heterocycles. The van der Waals surface area contributed by atoms with Crippen molar-refractivity contribution in [1.82, 2.24) is 15.1 Å². The maximum atomic E-state index is 9.64. The molecule has 1 aromatic heterocycles. The molecule has 0 aliphatic rings. The summed E-state index contributed by atoms with van der Waals surface area (Å²) in [6, 6.07) is 10.3. The van der Waals surface area contributed by atoms with E-state index in [4.69, 9.17) is 0 Å². The standard InChI is InChI=1S/C16H23N3O/c1-2-6-16(20)11-17-9-15-10-18-19(13-15)12-14-7-4-3-5-8-14/h3-5,7-8,10,13,16-17,20H,2,6,9,11-12H2,1H3. The molecule has 108 valence electrons. The van der Waals surface area contributed by atoms with Crippen LogP contribution in [-0.4, -0.2) is 27.5 Å². The van der Waals surface area contributed by atoms with E-state index in [2.05, 4.69) is 29.5 Å². The van der Waals surface area contributed by atoms with E-state index in [1.807, 2.05) is 35.3 Å². The Balaban J connectivity index is 1.78. The molecule has 1 heterocycles. The second-order valence-corrected chi connectivity index (χ2v) is 5.11. The van der Waals surface area contributed by atoms with Crippen LogP contribution < -0.4 is 5.32 Å². The van der Waals surface area contributed by atoms with Gasteiger partial charge in [0.15, 0.2) is 0 Å². The topological polar surface area (TPSA) is 50.1 Å². The summed E-state index contributed by atoms with van der Waals surface area (Å²) < 4.78 is 1.94. The zero-order valence-corrected chi connectivity index (χ0v) is 12.0. The van der Waals surface area contributed by atoms with Gasteiger partial charge >= 0.3 is 0 Å². The van der Waals surface area contributed by atoms with Crippen LogP contribution >= 0.6 is 0 Å². The molecule has 1 aromatic carbocycles. The van der Waals surface area contributed by atoms with Crippen LogP contribution in [0.2, 0.25) is 0 Å². The minimum Gasteiger partial charge on any atom is -0.392 e. The van der Waals surface area contributed by atoms with Gasteiger partial charge in [0.2, 0.25) is 0 Å². The van der Waals surface area contributed by atoms with Crippen molar-refractivity contribution in [2.24, 2.45) is 0 Å². The Bertz CT molecular complexity index is 495. The van der Waals surface area contributed by atoms with Gasteiger partial charge in [0, 0.05) is 24.8 Å². The van der Waals surface area contributed by atoms with Crippen molar-refractivity contribution in [2.75, 3.05) is 6.54 Å². The van der Waals surface area contributed by atoms with Gasteiger partial charge in [-0.2, -0.15) is 5.10 Å². The Morgan fingerprint density at radius 3 is 2.80 bits per heavy atom. The van der Waals surface area contributed by atoms with Crippen LogP contribution in [0.5, 0.6) is 0 Å². The number of aromatic nitrogens is 2. The molecular formula is C16H23N3O. The summed E-state index contributed by atoms with van der Waals surface area (Å²) in [4.78, 5) is 0. The van der Waals surface area contributed by atoms with Crippen molar-refractivity contribution in [1.29, 1.82) is 0 Å². The number of benzene rings is 1. The molecule has 0 aliphatic heterocycles. The van der Waals surface area contributed by atoms with Gasteiger partial charge in [-0.3, -0.25) is 4.68 Å². The fourth-order valence-corrected chi connectivity index (χ4v) is 2.17. The molecule has 1 unspecified atom stereocenters. The molecule has 0 fully saturated rings. The lowest BCUT2D eigenvalue weighted by atomic mass is 10.2. The van der Waals surface area contributed by atoms with Crippen LogP contribution in [0.3, 0.4) is 0 Å². The van der Waals surface area contributed by atoms with Crippen molar-refractivity contribution in [3.05, 3.63) is 53.9 Å². The van der Waals surface area contributed by atoms with E-state index < -0.39 is 0 Å². The lowest BCUT2D eigenvalue weighted by molar-refractivity contribution is 0.160.